The fraction of sp³-hybridized carbons (Fsp3) is 0.526. The number of aryl methyl sites for hydroxylation is 1. The molecule has 3 rings (SSSR count). The van der Waals surface area contributed by atoms with Crippen molar-refractivity contribution in [1.82, 2.24) is 4.90 Å². The average molecular weight is 299 g/mol. The van der Waals surface area contributed by atoms with E-state index in [4.69, 9.17) is 4.74 Å². The van der Waals surface area contributed by atoms with Crippen molar-refractivity contribution in [3.05, 3.63) is 47.0 Å². The van der Waals surface area contributed by atoms with Crippen LogP contribution in [0.4, 0.5) is 0 Å². The summed E-state index contributed by atoms with van der Waals surface area (Å²) in [7, 11) is 1.72. The van der Waals surface area contributed by atoms with Crippen molar-refractivity contribution in [2.24, 2.45) is 0 Å². The van der Waals surface area contributed by atoms with Crippen molar-refractivity contribution in [2.45, 2.75) is 57.7 Å². The molecule has 3 heteroatoms. The SMILES string of the molecule is CO[C@H]1C2=C(CCCC2)C(=O)N1[C@H](C)CCc1ccccc1. The Morgan fingerprint density at radius 2 is 1.95 bits per heavy atom. The second kappa shape index (κ2) is 6.66. The second-order valence-electron chi connectivity index (χ2n) is 6.38. The molecule has 0 saturated carbocycles. The molecule has 1 aliphatic heterocycles. The van der Waals surface area contributed by atoms with E-state index >= 15 is 0 Å². The summed E-state index contributed by atoms with van der Waals surface area (Å²) in [6.07, 6.45) is 6.08. The number of hydrogen-bond donors (Lipinski definition) is 0. The molecular weight excluding hydrogens is 274 g/mol. The summed E-state index contributed by atoms with van der Waals surface area (Å²) in [5.74, 6) is 0.210. The summed E-state index contributed by atoms with van der Waals surface area (Å²) < 4.78 is 5.68. The van der Waals surface area contributed by atoms with Gasteiger partial charge in [0, 0.05) is 18.7 Å². The largest absolute Gasteiger partial charge is 0.357 e. The predicted octanol–water partition coefficient (Wildman–Crippen LogP) is 3.69. The maximum Gasteiger partial charge on any atom is 0.252 e. The van der Waals surface area contributed by atoms with Crippen molar-refractivity contribution in [3.8, 4) is 0 Å². The van der Waals surface area contributed by atoms with Crippen molar-refractivity contribution in [2.75, 3.05) is 7.11 Å². The Morgan fingerprint density at radius 3 is 2.68 bits per heavy atom. The molecule has 0 aromatic heterocycles. The third-order valence-corrected chi connectivity index (χ3v) is 4.95. The zero-order valence-electron chi connectivity index (χ0n) is 13.5. The number of ether oxygens (including phenoxy) is 1. The van der Waals surface area contributed by atoms with Gasteiger partial charge in [0.2, 0.25) is 0 Å². The molecular formula is C19H25NO2. The van der Waals surface area contributed by atoms with E-state index in [9.17, 15) is 4.79 Å². The Kier molecular flexibility index (Phi) is 4.63. The Morgan fingerprint density at radius 1 is 1.23 bits per heavy atom. The zero-order chi connectivity index (χ0) is 15.5. The van der Waals surface area contributed by atoms with E-state index in [1.54, 1.807) is 7.11 Å². The van der Waals surface area contributed by atoms with Crippen LogP contribution in [0.2, 0.25) is 0 Å². The third kappa shape index (κ3) is 2.82. The highest BCUT2D eigenvalue weighted by atomic mass is 16.5. The third-order valence-electron chi connectivity index (χ3n) is 4.95. The highest BCUT2D eigenvalue weighted by Gasteiger charge is 2.41. The van der Waals surface area contributed by atoms with Gasteiger partial charge < -0.3 is 9.64 Å². The average Bonchev–Trinajstić information content (AvgIpc) is 2.86. The van der Waals surface area contributed by atoms with Gasteiger partial charge in [-0.05, 0) is 56.6 Å². The molecule has 0 bridgehead atoms. The molecule has 0 spiro atoms. The van der Waals surface area contributed by atoms with E-state index in [-0.39, 0.29) is 18.2 Å². The van der Waals surface area contributed by atoms with Gasteiger partial charge in [-0.15, -0.1) is 0 Å². The van der Waals surface area contributed by atoms with Crippen LogP contribution in [0.15, 0.2) is 41.5 Å². The summed E-state index contributed by atoms with van der Waals surface area (Å²) in [6.45, 7) is 2.14. The van der Waals surface area contributed by atoms with E-state index < -0.39 is 0 Å². The molecule has 2 atom stereocenters. The maximum absolute atomic E-state index is 12.7. The van der Waals surface area contributed by atoms with Crippen LogP contribution in [0.25, 0.3) is 0 Å². The summed E-state index contributed by atoms with van der Waals surface area (Å²) in [6, 6.07) is 10.7. The van der Waals surface area contributed by atoms with E-state index in [1.807, 2.05) is 11.0 Å². The molecule has 1 aliphatic carbocycles. The molecule has 0 unspecified atom stereocenters. The number of nitrogens with zero attached hydrogens (tertiary/aromatic N) is 1. The normalized spacial score (nSPS) is 22.9. The first-order valence-electron chi connectivity index (χ1n) is 8.33. The van der Waals surface area contributed by atoms with Gasteiger partial charge in [0.25, 0.3) is 5.91 Å². The van der Waals surface area contributed by atoms with E-state index in [0.29, 0.717) is 0 Å². The number of carbonyl (C=O) groups is 1. The van der Waals surface area contributed by atoms with Crippen LogP contribution in [-0.4, -0.2) is 30.2 Å². The van der Waals surface area contributed by atoms with Gasteiger partial charge >= 0.3 is 0 Å². The second-order valence-corrected chi connectivity index (χ2v) is 6.38. The van der Waals surface area contributed by atoms with Crippen LogP contribution in [0.3, 0.4) is 0 Å². The highest BCUT2D eigenvalue weighted by Crippen LogP contribution is 2.38. The lowest BCUT2D eigenvalue weighted by molar-refractivity contribution is -0.137. The van der Waals surface area contributed by atoms with Crippen molar-refractivity contribution in [3.63, 3.8) is 0 Å². The molecule has 2 aliphatic rings. The van der Waals surface area contributed by atoms with Gasteiger partial charge in [-0.2, -0.15) is 0 Å². The van der Waals surface area contributed by atoms with E-state index in [0.717, 1.165) is 37.7 Å². The highest BCUT2D eigenvalue weighted by molar-refractivity contribution is 5.97. The summed E-state index contributed by atoms with van der Waals surface area (Å²) >= 11 is 0. The smallest absolute Gasteiger partial charge is 0.252 e. The fourth-order valence-corrected chi connectivity index (χ4v) is 3.72. The number of rotatable bonds is 5. The summed E-state index contributed by atoms with van der Waals surface area (Å²) in [4.78, 5) is 14.7. The quantitative estimate of drug-likeness (QED) is 0.830. The molecule has 1 aromatic rings. The minimum absolute atomic E-state index is 0.131. The minimum atomic E-state index is -0.131. The van der Waals surface area contributed by atoms with Crippen molar-refractivity contribution >= 4 is 5.91 Å². The molecule has 0 N–H and O–H groups in total. The van der Waals surface area contributed by atoms with Gasteiger partial charge in [-0.3, -0.25) is 4.79 Å². The molecule has 1 aromatic carbocycles. The van der Waals surface area contributed by atoms with Crippen LogP contribution in [-0.2, 0) is 16.0 Å². The van der Waals surface area contributed by atoms with Crippen LogP contribution in [0, 0.1) is 0 Å². The number of amides is 1. The first-order chi connectivity index (χ1) is 10.7. The minimum Gasteiger partial charge on any atom is -0.357 e. The Labute approximate surface area is 133 Å². The van der Waals surface area contributed by atoms with Gasteiger partial charge in [0.1, 0.15) is 0 Å². The number of hydrogen-bond acceptors (Lipinski definition) is 2. The fourth-order valence-electron chi connectivity index (χ4n) is 3.72. The molecule has 0 radical (unpaired) electrons. The Hall–Kier alpha value is -1.61. The molecule has 118 valence electrons. The predicted molar refractivity (Wildman–Crippen MR) is 87.4 cm³/mol. The number of benzene rings is 1. The zero-order valence-corrected chi connectivity index (χ0v) is 13.5. The monoisotopic (exact) mass is 299 g/mol. The number of methoxy groups -OCH3 is 1. The lowest BCUT2D eigenvalue weighted by Gasteiger charge is -2.31. The van der Waals surface area contributed by atoms with Crippen LogP contribution >= 0.6 is 0 Å². The first-order valence-corrected chi connectivity index (χ1v) is 8.33. The van der Waals surface area contributed by atoms with Gasteiger partial charge in [0.15, 0.2) is 6.23 Å². The topological polar surface area (TPSA) is 29.5 Å². The van der Waals surface area contributed by atoms with Gasteiger partial charge in [0.05, 0.1) is 0 Å². The molecule has 0 fully saturated rings. The molecule has 3 nitrogen and oxygen atoms in total. The Bertz CT molecular complexity index is 564. The lowest BCUT2D eigenvalue weighted by Crippen LogP contribution is -2.43. The summed E-state index contributed by atoms with van der Waals surface area (Å²) in [5.41, 5.74) is 3.60. The first kappa shape index (κ1) is 15.3. The van der Waals surface area contributed by atoms with Crippen molar-refractivity contribution < 1.29 is 9.53 Å². The standard InChI is InChI=1S/C19H25NO2/c1-14(12-13-15-8-4-3-5-9-15)20-18(21)16-10-6-7-11-17(16)19(20)22-2/h3-5,8-9,14,19H,6-7,10-13H2,1-2H3/t14-,19+/m1/s1. The Balaban J connectivity index is 1.69. The van der Waals surface area contributed by atoms with Gasteiger partial charge in [-0.25, -0.2) is 0 Å². The van der Waals surface area contributed by atoms with E-state index in [2.05, 4.69) is 31.2 Å². The number of carbonyl (C=O) groups excluding carboxylic acids is 1. The van der Waals surface area contributed by atoms with Crippen LogP contribution < -0.4 is 0 Å². The van der Waals surface area contributed by atoms with Crippen molar-refractivity contribution in [1.29, 1.82) is 0 Å². The molecule has 1 heterocycles. The van der Waals surface area contributed by atoms with Crippen LogP contribution in [0.5, 0.6) is 0 Å². The molecule has 0 saturated heterocycles. The van der Waals surface area contributed by atoms with Crippen LogP contribution in [0.1, 0.15) is 44.6 Å². The molecule has 22 heavy (non-hydrogen) atoms. The lowest BCUT2D eigenvalue weighted by atomic mass is 9.93. The van der Waals surface area contributed by atoms with Gasteiger partial charge in [-0.1, -0.05) is 30.3 Å². The summed E-state index contributed by atoms with van der Waals surface area (Å²) in [5, 5.41) is 0. The maximum atomic E-state index is 12.7. The van der Waals surface area contributed by atoms with E-state index in [1.165, 1.54) is 17.6 Å². The molecule has 1 amide bonds.